The van der Waals surface area contributed by atoms with Gasteiger partial charge in [0.25, 0.3) is 5.82 Å². The third kappa shape index (κ3) is 5.23. The Hall–Kier alpha value is -4.62. The number of aromatic nitrogens is 3. The van der Waals surface area contributed by atoms with Crippen molar-refractivity contribution in [3.8, 4) is 28.2 Å². The van der Waals surface area contributed by atoms with E-state index in [-0.39, 0.29) is 11.6 Å². The van der Waals surface area contributed by atoms with Crippen LogP contribution in [0.2, 0.25) is 5.02 Å². The van der Waals surface area contributed by atoms with Crippen LogP contribution in [0.4, 0.5) is 4.39 Å². The molecule has 0 radical (unpaired) electrons. The van der Waals surface area contributed by atoms with Gasteiger partial charge in [-0.2, -0.15) is 0 Å². The number of esters is 1. The molecule has 0 atom stereocenters. The van der Waals surface area contributed by atoms with Gasteiger partial charge in [-0.3, -0.25) is 4.79 Å². The number of ether oxygens (including phenoxy) is 1. The average Bonchev–Trinajstić information content (AvgIpc) is 3.39. The molecule has 5 aromatic rings. The number of carbonyl (C=O) groups is 2. The average molecular weight is 526 g/mol. The Morgan fingerprint density at radius 1 is 0.842 bits per heavy atom. The summed E-state index contributed by atoms with van der Waals surface area (Å²) < 4.78 is 20.2. The van der Waals surface area contributed by atoms with Crippen molar-refractivity contribution in [3.63, 3.8) is 0 Å². The predicted molar refractivity (Wildman–Crippen MR) is 143 cm³/mol. The number of Topliss-reactive ketones (excluding diaryl/α,β-unsaturated/α-hetero) is 1. The summed E-state index contributed by atoms with van der Waals surface area (Å²) in [6.45, 7) is 1.34. The first-order valence-electron chi connectivity index (χ1n) is 11.7. The Morgan fingerprint density at radius 3 is 2.21 bits per heavy atom. The maximum Gasteiger partial charge on any atom is 0.378 e. The van der Waals surface area contributed by atoms with Gasteiger partial charge in [0.15, 0.2) is 18.2 Å². The number of ketones is 1. The molecule has 6 nitrogen and oxygen atoms in total. The van der Waals surface area contributed by atoms with Crippen LogP contribution in [0, 0.1) is 12.7 Å². The molecule has 0 spiro atoms. The molecule has 188 valence electrons. The van der Waals surface area contributed by atoms with Gasteiger partial charge in [-0.05, 0) is 60.0 Å². The Morgan fingerprint density at radius 2 is 1.50 bits per heavy atom. The van der Waals surface area contributed by atoms with Gasteiger partial charge in [-0.25, -0.2) is 18.9 Å². The van der Waals surface area contributed by atoms with Gasteiger partial charge in [0, 0.05) is 16.1 Å². The second-order valence-corrected chi connectivity index (χ2v) is 8.91. The zero-order valence-electron chi connectivity index (χ0n) is 20.3. The van der Waals surface area contributed by atoms with Crippen LogP contribution in [0.5, 0.6) is 0 Å². The van der Waals surface area contributed by atoms with Gasteiger partial charge in [0.05, 0.1) is 5.69 Å². The summed E-state index contributed by atoms with van der Waals surface area (Å²) >= 11 is 6.30. The van der Waals surface area contributed by atoms with Crippen LogP contribution in [0.1, 0.15) is 26.5 Å². The molecule has 38 heavy (non-hydrogen) atoms. The topological polar surface area (TPSA) is 74.1 Å². The van der Waals surface area contributed by atoms with E-state index in [0.29, 0.717) is 27.7 Å². The quantitative estimate of drug-likeness (QED) is 0.174. The van der Waals surface area contributed by atoms with E-state index in [1.807, 2.05) is 49.4 Å². The first kappa shape index (κ1) is 25.0. The van der Waals surface area contributed by atoms with Crippen LogP contribution < -0.4 is 0 Å². The summed E-state index contributed by atoms with van der Waals surface area (Å²) in [5.74, 6) is -1.57. The molecule has 1 heterocycles. The number of rotatable bonds is 7. The number of halogens is 2. The van der Waals surface area contributed by atoms with E-state index >= 15 is 0 Å². The highest BCUT2D eigenvalue weighted by molar-refractivity contribution is 6.31. The predicted octanol–water partition coefficient (Wildman–Crippen LogP) is 6.74. The largest absolute Gasteiger partial charge is 0.451 e. The van der Waals surface area contributed by atoms with Crippen LogP contribution in [0.3, 0.4) is 0 Å². The summed E-state index contributed by atoms with van der Waals surface area (Å²) in [6.07, 6.45) is 0. The highest BCUT2D eigenvalue weighted by atomic mass is 35.5. The molecule has 5 rings (SSSR count). The maximum absolute atomic E-state index is 13.5. The molecule has 4 aromatic carbocycles. The molecule has 1 aromatic heterocycles. The Kier molecular flexibility index (Phi) is 7.11. The van der Waals surface area contributed by atoms with Crippen LogP contribution in [-0.2, 0) is 4.74 Å². The zero-order chi connectivity index (χ0) is 26.6. The van der Waals surface area contributed by atoms with E-state index in [9.17, 15) is 14.0 Å². The van der Waals surface area contributed by atoms with Crippen molar-refractivity contribution in [1.82, 2.24) is 14.8 Å². The summed E-state index contributed by atoms with van der Waals surface area (Å²) in [6, 6.07) is 27.8. The number of hydrogen-bond donors (Lipinski definition) is 0. The highest BCUT2D eigenvalue weighted by Gasteiger charge is 2.22. The molecule has 0 saturated heterocycles. The first-order valence-corrected chi connectivity index (χ1v) is 12.1. The van der Waals surface area contributed by atoms with Crippen LogP contribution in [-0.4, -0.2) is 33.1 Å². The highest BCUT2D eigenvalue weighted by Crippen LogP contribution is 2.27. The lowest BCUT2D eigenvalue weighted by Gasteiger charge is -2.10. The van der Waals surface area contributed by atoms with Gasteiger partial charge >= 0.3 is 5.97 Å². The fourth-order valence-corrected chi connectivity index (χ4v) is 4.11. The summed E-state index contributed by atoms with van der Waals surface area (Å²) in [7, 11) is 0. The lowest BCUT2D eigenvalue weighted by molar-refractivity contribution is 0.0462. The van der Waals surface area contributed by atoms with Crippen LogP contribution in [0.25, 0.3) is 28.2 Å². The fourth-order valence-electron chi connectivity index (χ4n) is 3.94. The lowest BCUT2D eigenvalue weighted by atomic mass is 10.0. The number of carbonyl (C=O) groups excluding carboxylic acids is 2. The van der Waals surface area contributed by atoms with Gasteiger partial charge < -0.3 is 4.74 Å². The minimum atomic E-state index is -0.860. The lowest BCUT2D eigenvalue weighted by Crippen LogP contribution is -2.15. The molecule has 0 unspecified atom stereocenters. The van der Waals surface area contributed by atoms with Crippen molar-refractivity contribution in [2.75, 3.05) is 6.61 Å². The molecule has 0 aliphatic carbocycles. The molecule has 0 aliphatic rings. The molecule has 0 N–H and O–H groups in total. The number of nitrogens with zero attached hydrogens (tertiary/aromatic N) is 3. The summed E-state index contributed by atoms with van der Waals surface area (Å²) in [5, 5.41) is 4.85. The number of benzene rings is 4. The van der Waals surface area contributed by atoms with Crippen molar-refractivity contribution in [2.24, 2.45) is 0 Å². The van der Waals surface area contributed by atoms with E-state index < -0.39 is 18.4 Å². The van der Waals surface area contributed by atoms with Crippen molar-refractivity contribution in [1.29, 1.82) is 0 Å². The molecule has 0 fully saturated rings. The van der Waals surface area contributed by atoms with E-state index in [1.54, 1.807) is 30.3 Å². The van der Waals surface area contributed by atoms with Crippen LogP contribution in [0.15, 0.2) is 97.1 Å². The van der Waals surface area contributed by atoms with Gasteiger partial charge in [-0.15, -0.1) is 5.10 Å². The van der Waals surface area contributed by atoms with Gasteiger partial charge in [-0.1, -0.05) is 72.3 Å². The van der Waals surface area contributed by atoms with E-state index in [1.165, 1.54) is 28.9 Å². The minimum Gasteiger partial charge on any atom is -0.451 e. The van der Waals surface area contributed by atoms with E-state index in [0.717, 1.165) is 16.7 Å². The van der Waals surface area contributed by atoms with E-state index in [2.05, 4.69) is 10.1 Å². The Balaban J connectivity index is 1.37. The van der Waals surface area contributed by atoms with Gasteiger partial charge in [0.1, 0.15) is 5.82 Å². The first-order chi connectivity index (χ1) is 18.4. The summed E-state index contributed by atoms with van der Waals surface area (Å²) in [5.41, 5.74) is 4.27. The maximum atomic E-state index is 13.5. The molecule has 0 saturated carbocycles. The molecular weight excluding hydrogens is 505 g/mol. The fraction of sp³-hybridized carbons (Fsp3) is 0.0667. The molecular formula is C30H21ClFN3O3. The second-order valence-electron chi connectivity index (χ2n) is 8.50. The second kappa shape index (κ2) is 10.8. The molecule has 0 aliphatic heterocycles. The molecule has 0 amide bonds. The van der Waals surface area contributed by atoms with Crippen molar-refractivity contribution >= 4 is 23.4 Å². The molecule has 0 bridgehead atoms. The van der Waals surface area contributed by atoms with Crippen molar-refractivity contribution in [2.45, 2.75) is 6.92 Å². The smallest absolute Gasteiger partial charge is 0.378 e. The van der Waals surface area contributed by atoms with E-state index in [4.69, 9.17) is 16.3 Å². The Bertz CT molecular complexity index is 1620. The monoisotopic (exact) mass is 525 g/mol. The zero-order valence-corrected chi connectivity index (χ0v) is 21.0. The minimum absolute atomic E-state index is 0.240. The SMILES string of the molecule is Cc1c(Cl)cccc1-n1nc(C(=O)OCC(=O)c2ccc(-c3ccccc3)cc2)nc1-c1ccc(F)cc1. The van der Waals surface area contributed by atoms with Crippen molar-refractivity contribution in [3.05, 3.63) is 125 Å². The number of hydrogen-bond acceptors (Lipinski definition) is 5. The van der Waals surface area contributed by atoms with Gasteiger partial charge in [0.2, 0.25) is 0 Å². The third-order valence-electron chi connectivity index (χ3n) is 6.01. The van der Waals surface area contributed by atoms with Crippen LogP contribution >= 0.6 is 11.6 Å². The Labute approximate surface area is 223 Å². The summed E-state index contributed by atoms with van der Waals surface area (Å²) in [4.78, 5) is 29.9. The normalized spacial score (nSPS) is 10.8. The van der Waals surface area contributed by atoms with Crippen molar-refractivity contribution < 1.29 is 18.7 Å². The molecule has 8 heteroatoms. The standard InChI is InChI=1S/C30H21ClFN3O3/c1-19-25(31)8-5-9-26(19)35-29(23-14-16-24(32)17-15-23)33-28(34-35)30(37)38-18-27(36)22-12-10-21(11-13-22)20-6-3-2-4-7-20/h2-17H,18H2,1H3. The third-order valence-corrected chi connectivity index (χ3v) is 6.42.